The lowest BCUT2D eigenvalue weighted by molar-refractivity contribution is -0.384. The SMILES string of the molecule is O=c1cc(-c2ccc([N+](=O)[O-])cc2)[nH]c(=O)[nH]1. The molecule has 0 unspecified atom stereocenters. The summed E-state index contributed by atoms with van der Waals surface area (Å²) in [4.78, 5) is 36.5. The standard InChI is InChI=1S/C10H7N3O4/c14-9-5-8(11-10(15)12-9)6-1-3-7(4-2-6)13(16)17/h1-5H,(H2,11,12,14,15). The maximum atomic E-state index is 11.1. The lowest BCUT2D eigenvalue weighted by Crippen LogP contribution is -2.21. The van der Waals surface area contributed by atoms with Crippen LogP contribution in [0.4, 0.5) is 5.69 Å². The van der Waals surface area contributed by atoms with Crippen LogP contribution in [-0.4, -0.2) is 14.9 Å². The lowest BCUT2D eigenvalue weighted by Gasteiger charge is -1.99. The number of benzene rings is 1. The number of rotatable bonds is 2. The number of hydrogen-bond acceptors (Lipinski definition) is 4. The normalized spacial score (nSPS) is 10.1. The molecule has 86 valence electrons. The number of aromatic amines is 2. The minimum absolute atomic E-state index is 0.0547. The van der Waals surface area contributed by atoms with Gasteiger partial charge in [-0.15, -0.1) is 0 Å². The number of hydrogen-bond donors (Lipinski definition) is 2. The Hall–Kier alpha value is -2.70. The third kappa shape index (κ3) is 2.28. The number of nitro groups is 1. The predicted molar refractivity (Wildman–Crippen MR) is 59.8 cm³/mol. The van der Waals surface area contributed by atoms with E-state index in [0.717, 1.165) is 0 Å². The van der Waals surface area contributed by atoms with Crippen molar-refractivity contribution in [3.05, 3.63) is 61.3 Å². The van der Waals surface area contributed by atoms with E-state index in [9.17, 15) is 19.7 Å². The average molecular weight is 233 g/mol. The second-order valence-electron chi connectivity index (χ2n) is 3.31. The van der Waals surface area contributed by atoms with Crippen LogP contribution >= 0.6 is 0 Å². The van der Waals surface area contributed by atoms with E-state index in [-0.39, 0.29) is 5.69 Å². The van der Waals surface area contributed by atoms with Crippen LogP contribution in [0.1, 0.15) is 0 Å². The van der Waals surface area contributed by atoms with Crippen LogP contribution in [0.2, 0.25) is 0 Å². The monoisotopic (exact) mass is 233 g/mol. The summed E-state index contributed by atoms with van der Waals surface area (Å²) in [7, 11) is 0. The van der Waals surface area contributed by atoms with Crippen molar-refractivity contribution < 1.29 is 4.92 Å². The zero-order valence-corrected chi connectivity index (χ0v) is 8.47. The van der Waals surface area contributed by atoms with Gasteiger partial charge in [0.05, 0.1) is 10.6 Å². The summed E-state index contributed by atoms with van der Waals surface area (Å²) < 4.78 is 0. The first kappa shape index (κ1) is 10.8. The quantitative estimate of drug-likeness (QED) is 0.585. The molecule has 0 aliphatic heterocycles. The van der Waals surface area contributed by atoms with Gasteiger partial charge in [-0.3, -0.25) is 19.9 Å². The molecule has 7 nitrogen and oxygen atoms in total. The third-order valence-corrected chi connectivity index (χ3v) is 2.15. The Morgan fingerprint density at radius 2 is 1.71 bits per heavy atom. The fourth-order valence-corrected chi connectivity index (χ4v) is 1.39. The summed E-state index contributed by atoms with van der Waals surface area (Å²) in [5, 5.41) is 10.4. The molecular weight excluding hydrogens is 226 g/mol. The predicted octanol–water partition coefficient (Wildman–Crippen LogP) is 0.638. The number of non-ortho nitro benzene ring substituents is 1. The van der Waals surface area contributed by atoms with Gasteiger partial charge in [0.1, 0.15) is 0 Å². The molecule has 0 aliphatic carbocycles. The molecule has 7 heteroatoms. The maximum Gasteiger partial charge on any atom is 0.326 e. The Labute approximate surface area is 93.9 Å². The average Bonchev–Trinajstić information content (AvgIpc) is 2.28. The van der Waals surface area contributed by atoms with Crippen LogP contribution < -0.4 is 11.2 Å². The molecule has 0 aliphatic rings. The molecule has 2 rings (SSSR count). The molecular formula is C10H7N3O4. The van der Waals surface area contributed by atoms with Crippen molar-refractivity contribution in [2.45, 2.75) is 0 Å². The molecule has 0 saturated heterocycles. The van der Waals surface area contributed by atoms with Crippen LogP contribution in [0.15, 0.2) is 39.9 Å². The highest BCUT2D eigenvalue weighted by Gasteiger charge is 2.06. The Bertz CT molecular complexity index is 641. The van der Waals surface area contributed by atoms with Gasteiger partial charge in [-0.25, -0.2) is 4.79 Å². The molecule has 0 radical (unpaired) electrons. The van der Waals surface area contributed by atoms with Gasteiger partial charge in [-0.05, 0) is 17.7 Å². The van der Waals surface area contributed by atoms with Gasteiger partial charge in [-0.1, -0.05) is 0 Å². The minimum atomic E-state index is -0.620. The first-order chi connectivity index (χ1) is 8.06. The van der Waals surface area contributed by atoms with Gasteiger partial charge in [0.2, 0.25) is 0 Å². The molecule has 0 bridgehead atoms. The van der Waals surface area contributed by atoms with E-state index in [1.54, 1.807) is 0 Å². The summed E-state index contributed by atoms with van der Waals surface area (Å²) in [5.74, 6) is 0. The lowest BCUT2D eigenvalue weighted by atomic mass is 10.1. The van der Waals surface area contributed by atoms with Crippen LogP contribution in [-0.2, 0) is 0 Å². The molecule has 0 spiro atoms. The minimum Gasteiger partial charge on any atom is -0.307 e. The fraction of sp³-hybridized carbons (Fsp3) is 0. The van der Waals surface area contributed by atoms with E-state index < -0.39 is 16.2 Å². The van der Waals surface area contributed by atoms with Crippen LogP contribution in [0.3, 0.4) is 0 Å². The van der Waals surface area contributed by atoms with E-state index >= 15 is 0 Å². The zero-order chi connectivity index (χ0) is 12.4. The van der Waals surface area contributed by atoms with Crippen LogP contribution in [0.25, 0.3) is 11.3 Å². The van der Waals surface area contributed by atoms with Crippen molar-refractivity contribution >= 4 is 5.69 Å². The Kier molecular flexibility index (Phi) is 2.57. The van der Waals surface area contributed by atoms with Crippen LogP contribution in [0, 0.1) is 10.1 Å². The Balaban J connectivity index is 2.50. The van der Waals surface area contributed by atoms with Gasteiger partial charge in [-0.2, -0.15) is 0 Å². The summed E-state index contributed by atoms with van der Waals surface area (Å²) in [5.41, 5.74) is -0.360. The largest absolute Gasteiger partial charge is 0.326 e. The zero-order valence-electron chi connectivity index (χ0n) is 8.47. The molecule has 1 aromatic carbocycles. The van der Waals surface area contributed by atoms with E-state index in [4.69, 9.17) is 0 Å². The number of nitrogens with zero attached hydrogens (tertiary/aromatic N) is 1. The van der Waals surface area contributed by atoms with Crippen molar-refractivity contribution in [2.75, 3.05) is 0 Å². The summed E-state index contributed by atoms with van der Waals surface area (Å²) in [6.45, 7) is 0. The molecule has 0 atom stereocenters. The fourth-order valence-electron chi connectivity index (χ4n) is 1.39. The first-order valence-electron chi connectivity index (χ1n) is 4.65. The Morgan fingerprint density at radius 3 is 2.24 bits per heavy atom. The summed E-state index contributed by atoms with van der Waals surface area (Å²) in [6.07, 6.45) is 0. The second-order valence-corrected chi connectivity index (χ2v) is 3.31. The van der Waals surface area contributed by atoms with Crippen LogP contribution in [0.5, 0.6) is 0 Å². The molecule has 0 saturated carbocycles. The number of aromatic nitrogens is 2. The van der Waals surface area contributed by atoms with Gasteiger partial charge < -0.3 is 4.98 Å². The molecule has 2 aromatic rings. The van der Waals surface area contributed by atoms with Crippen molar-refractivity contribution in [3.63, 3.8) is 0 Å². The maximum absolute atomic E-state index is 11.1. The first-order valence-corrected chi connectivity index (χ1v) is 4.65. The smallest absolute Gasteiger partial charge is 0.307 e. The topological polar surface area (TPSA) is 109 Å². The molecule has 1 heterocycles. The van der Waals surface area contributed by atoms with Gasteiger partial charge in [0.25, 0.3) is 11.2 Å². The molecule has 17 heavy (non-hydrogen) atoms. The molecule has 0 fully saturated rings. The van der Waals surface area contributed by atoms with E-state index in [2.05, 4.69) is 4.98 Å². The highest BCUT2D eigenvalue weighted by atomic mass is 16.6. The summed E-state index contributed by atoms with van der Waals surface area (Å²) >= 11 is 0. The van der Waals surface area contributed by atoms with Gasteiger partial charge in [0, 0.05) is 18.2 Å². The molecule has 2 N–H and O–H groups in total. The van der Waals surface area contributed by atoms with Crippen molar-refractivity contribution in [3.8, 4) is 11.3 Å². The molecule has 1 aromatic heterocycles. The third-order valence-electron chi connectivity index (χ3n) is 2.15. The van der Waals surface area contributed by atoms with E-state index in [1.807, 2.05) is 4.98 Å². The second kappa shape index (κ2) is 4.05. The number of nitro benzene ring substituents is 1. The van der Waals surface area contributed by atoms with Crippen molar-refractivity contribution in [2.24, 2.45) is 0 Å². The van der Waals surface area contributed by atoms with E-state index in [1.165, 1.54) is 30.3 Å². The Morgan fingerprint density at radius 1 is 1.06 bits per heavy atom. The van der Waals surface area contributed by atoms with Crippen molar-refractivity contribution in [1.82, 2.24) is 9.97 Å². The van der Waals surface area contributed by atoms with E-state index in [0.29, 0.717) is 11.3 Å². The number of nitrogens with one attached hydrogen (secondary N) is 2. The van der Waals surface area contributed by atoms with Crippen molar-refractivity contribution in [1.29, 1.82) is 0 Å². The van der Waals surface area contributed by atoms with Gasteiger partial charge >= 0.3 is 5.69 Å². The molecule has 0 amide bonds. The van der Waals surface area contributed by atoms with Gasteiger partial charge in [0.15, 0.2) is 0 Å². The number of H-pyrrole nitrogens is 2. The highest BCUT2D eigenvalue weighted by molar-refractivity contribution is 5.60. The highest BCUT2D eigenvalue weighted by Crippen LogP contribution is 2.18. The summed E-state index contributed by atoms with van der Waals surface area (Å²) in [6, 6.07) is 6.73.